The van der Waals surface area contributed by atoms with Gasteiger partial charge in [0.05, 0.1) is 0 Å². The van der Waals surface area contributed by atoms with E-state index in [9.17, 15) is 9.59 Å². The second-order valence-corrected chi connectivity index (χ2v) is 6.41. The molecule has 2 rings (SSSR count). The van der Waals surface area contributed by atoms with Crippen LogP contribution in [0.3, 0.4) is 0 Å². The van der Waals surface area contributed by atoms with E-state index < -0.39 is 0 Å². The Morgan fingerprint density at radius 3 is 2.17 bits per heavy atom. The van der Waals surface area contributed by atoms with Crippen LogP contribution in [0.5, 0.6) is 0 Å². The quantitative estimate of drug-likeness (QED) is 0.803. The van der Waals surface area contributed by atoms with Gasteiger partial charge in [0.2, 0.25) is 0 Å². The van der Waals surface area contributed by atoms with E-state index in [1.807, 2.05) is 9.80 Å². The summed E-state index contributed by atoms with van der Waals surface area (Å²) in [5.41, 5.74) is 0.758. The van der Waals surface area contributed by atoms with Crippen molar-refractivity contribution in [1.29, 1.82) is 0 Å². The molecule has 5 heteroatoms. The maximum Gasteiger partial charge on any atom is 0.272 e. The van der Waals surface area contributed by atoms with E-state index in [0.29, 0.717) is 11.4 Å². The highest BCUT2D eigenvalue weighted by atomic mass is 16.2. The van der Waals surface area contributed by atoms with Crippen LogP contribution in [-0.4, -0.2) is 52.8 Å². The van der Waals surface area contributed by atoms with Crippen LogP contribution < -0.4 is 0 Å². The summed E-state index contributed by atoms with van der Waals surface area (Å²) in [5, 5.41) is 0. The van der Waals surface area contributed by atoms with Gasteiger partial charge < -0.3 is 9.80 Å². The largest absolute Gasteiger partial charge is 0.337 e. The van der Waals surface area contributed by atoms with Crippen molar-refractivity contribution in [1.82, 2.24) is 14.8 Å². The molecule has 0 spiro atoms. The zero-order chi connectivity index (χ0) is 17.4. The van der Waals surface area contributed by atoms with Gasteiger partial charge in [-0.15, -0.1) is 0 Å². The van der Waals surface area contributed by atoms with Crippen LogP contribution in [-0.2, 0) is 0 Å². The van der Waals surface area contributed by atoms with Crippen molar-refractivity contribution in [3.05, 3.63) is 29.6 Å². The number of likely N-dealkylation sites (tertiary alicyclic amines) is 1. The minimum Gasteiger partial charge on any atom is -0.337 e. The van der Waals surface area contributed by atoms with Crippen LogP contribution in [0.1, 0.15) is 73.3 Å². The normalized spacial score (nSPS) is 15.0. The highest BCUT2D eigenvalue weighted by Gasteiger charge is 2.21. The molecule has 1 saturated heterocycles. The van der Waals surface area contributed by atoms with Crippen LogP contribution in [0.25, 0.3) is 0 Å². The lowest BCUT2D eigenvalue weighted by atomic mass is 10.2. The summed E-state index contributed by atoms with van der Waals surface area (Å²) in [5.74, 6) is -0.131. The van der Waals surface area contributed by atoms with E-state index >= 15 is 0 Å². The number of nitrogens with zero attached hydrogens (tertiary/aromatic N) is 3. The van der Waals surface area contributed by atoms with Crippen molar-refractivity contribution in [2.24, 2.45) is 0 Å². The SMILES string of the molecule is CCCN(CCC)C(=O)c1cccc(C(=O)N2CCCCCC2)n1. The van der Waals surface area contributed by atoms with Gasteiger partial charge in [-0.2, -0.15) is 0 Å². The minimum absolute atomic E-state index is 0.0518. The predicted molar refractivity (Wildman–Crippen MR) is 95.1 cm³/mol. The molecule has 5 nitrogen and oxygen atoms in total. The molecule has 0 N–H and O–H groups in total. The molecule has 0 bridgehead atoms. The molecule has 1 aromatic heterocycles. The first kappa shape index (κ1) is 18.4. The first-order chi connectivity index (χ1) is 11.7. The van der Waals surface area contributed by atoms with E-state index in [2.05, 4.69) is 18.8 Å². The minimum atomic E-state index is -0.0794. The summed E-state index contributed by atoms with van der Waals surface area (Å²) in [6.45, 7) is 7.13. The van der Waals surface area contributed by atoms with E-state index in [1.165, 1.54) is 12.8 Å². The van der Waals surface area contributed by atoms with Crippen molar-refractivity contribution in [2.45, 2.75) is 52.4 Å². The number of aromatic nitrogens is 1. The summed E-state index contributed by atoms with van der Waals surface area (Å²) in [6, 6.07) is 5.19. The molecule has 24 heavy (non-hydrogen) atoms. The van der Waals surface area contributed by atoms with Gasteiger partial charge in [-0.3, -0.25) is 9.59 Å². The monoisotopic (exact) mass is 331 g/mol. The highest BCUT2D eigenvalue weighted by Crippen LogP contribution is 2.13. The van der Waals surface area contributed by atoms with Crippen molar-refractivity contribution >= 4 is 11.8 Å². The Morgan fingerprint density at radius 1 is 1.00 bits per heavy atom. The molecule has 2 amide bonds. The number of carbonyl (C=O) groups excluding carboxylic acids is 2. The highest BCUT2D eigenvalue weighted by molar-refractivity contribution is 5.96. The fourth-order valence-corrected chi connectivity index (χ4v) is 3.13. The van der Waals surface area contributed by atoms with Gasteiger partial charge in [-0.05, 0) is 37.8 Å². The predicted octanol–water partition coefficient (Wildman–Crippen LogP) is 3.36. The summed E-state index contributed by atoms with van der Waals surface area (Å²) in [7, 11) is 0. The molecular formula is C19H29N3O2. The van der Waals surface area contributed by atoms with E-state index in [4.69, 9.17) is 0 Å². The zero-order valence-electron chi connectivity index (χ0n) is 15.0. The lowest BCUT2D eigenvalue weighted by Gasteiger charge is -2.22. The lowest BCUT2D eigenvalue weighted by molar-refractivity contribution is 0.0744. The molecule has 1 aromatic rings. The first-order valence-corrected chi connectivity index (χ1v) is 9.23. The molecule has 0 aromatic carbocycles. The third-order valence-corrected chi connectivity index (χ3v) is 4.35. The molecule has 1 aliphatic rings. The van der Waals surface area contributed by atoms with Gasteiger partial charge in [0.25, 0.3) is 11.8 Å². The van der Waals surface area contributed by atoms with E-state index in [0.717, 1.165) is 51.9 Å². The zero-order valence-corrected chi connectivity index (χ0v) is 15.0. The number of hydrogen-bond acceptors (Lipinski definition) is 3. The van der Waals surface area contributed by atoms with Crippen LogP contribution >= 0.6 is 0 Å². The summed E-state index contributed by atoms with van der Waals surface area (Å²) < 4.78 is 0. The maximum atomic E-state index is 12.7. The van der Waals surface area contributed by atoms with Crippen LogP contribution in [0, 0.1) is 0 Å². The molecule has 0 aliphatic carbocycles. The molecule has 0 unspecified atom stereocenters. The Hall–Kier alpha value is -1.91. The lowest BCUT2D eigenvalue weighted by Crippen LogP contribution is -2.35. The third kappa shape index (κ3) is 4.79. The first-order valence-electron chi connectivity index (χ1n) is 9.23. The van der Waals surface area contributed by atoms with Gasteiger partial charge in [0.1, 0.15) is 11.4 Å². The fraction of sp³-hybridized carbons (Fsp3) is 0.632. The second-order valence-electron chi connectivity index (χ2n) is 6.41. The summed E-state index contributed by atoms with van der Waals surface area (Å²) >= 11 is 0. The molecule has 1 aliphatic heterocycles. The average Bonchev–Trinajstić information content (AvgIpc) is 2.90. The standard InChI is InChI=1S/C19H29N3O2/c1-3-12-21(13-4-2)18(23)16-10-9-11-17(20-16)19(24)22-14-7-5-6-8-15-22/h9-11H,3-8,12-15H2,1-2H3. The van der Waals surface area contributed by atoms with Crippen molar-refractivity contribution in [2.75, 3.05) is 26.2 Å². The molecule has 132 valence electrons. The summed E-state index contributed by atoms with van der Waals surface area (Å²) in [6.07, 6.45) is 6.28. The number of pyridine rings is 1. The smallest absolute Gasteiger partial charge is 0.272 e. The summed E-state index contributed by atoms with van der Waals surface area (Å²) in [4.78, 5) is 33.4. The number of amides is 2. The Kier molecular flexibility index (Phi) is 7.22. The van der Waals surface area contributed by atoms with Crippen LogP contribution in [0.15, 0.2) is 18.2 Å². The van der Waals surface area contributed by atoms with Gasteiger partial charge in [0.15, 0.2) is 0 Å². The van der Waals surface area contributed by atoms with Crippen LogP contribution in [0.2, 0.25) is 0 Å². The Morgan fingerprint density at radius 2 is 1.58 bits per heavy atom. The van der Waals surface area contributed by atoms with Crippen molar-refractivity contribution in [3.63, 3.8) is 0 Å². The fourth-order valence-electron chi connectivity index (χ4n) is 3.13. The molecule has 0 radical (unpaired) electrons. The van der Waals surface area contributed by atoms with Gasteiger partial charge >= 0.3 is 0 Å². The van der Waals surface area contributed by atoms with Crippen molar-refractivity contribution in [3.8, 4) is 0 Å². The molecule has 0 atom stereocenters. The Balaban J connectivity index is 2.14. The molecular weight excluding hydrogens is 302 g/mol. The van der Waals surface area contributed by atoms with E-state index in [1.54, 1.807) is 18.2 Å². The van der Waals surface area contributed by atoms with E-state index in [-0.39, 0.29) is 11.8 Å². The molecule has 2 heterocycles. The average molecular weight is 331 g/mol. The molecule has 1 fully saturated rings. The number of carbonyl (C=O) groups is 2. The Labute approximate surface area is 145 Å². The number of rotatable bonds is 6. The van der Waals surface area contributed by atoms with Gasteiger partial charge in [-0.1, -0.05) is 32.8 Å². The maximum absolute atomic E-state index is 12.7. The topological polar surface area (TPSA) is 53.5 Å². The molecule has 0 saturated carbocycles. The number of hydrogen-bond donors (Lipinski definition) is 0. The van der Waals surface area contributed by atoms with Gasteiger partial charge in [-0.25, -0.2) is 4.98 Å². The van der Waals surface area contributed by atoms with Crippen LogP contribution in [0.4, 0.5) is 0 Å². The van der Waals surface area contributed by atoms with Crippen molar-refractivity contribution < 1.29 is 9.59 Å². The third-order valence-electron chi connectivity index (χ3n) is 4.35. The van der Waals surface area contributed by atoms with Gasteiger partial charge in [0, 0.05) is 26.2 Å². The second kappa shape index (κ2) is 9.40. The Bertz CT molecular complexity index is 516.